The summed E-state index contributed by atoms with van der Waals surface area (Å²) in [7, 11) is 1.84. The first-order valence-electron chi connectivity index (χ1n) is 7.60. The van der Waals surface area contributed by atoms with Gasteiger partial charge in [-0.2, -0.15) is 0 Å². The molecule has 2 aromatic carbocycles. The number of hydrogen-bond donors (Lipinski definition) is 0. The Morgan fingerprint density at radius 1 is 1.19 bits per heavy atom. The molecule has 0 spiro atoms. The SMILES string of the molecule is Cn1c(/C=C2/SC(=O)N(c3ccc(F)c(Cl)c3)C2=O)nc2ccccc21. The first-order valence-corrected chi connectivity index (χ1v) is 8.79. The second-order valence-corrected chi connectivity index (χ2v) is 7.03. The molecule has 2 heterocycles. The normalized spacial score (nSPS) is 16.3. The predicted molar refractivity (Wildman–Crippen MR) is 101 cm³/mol. The number of para-hydroxylation sites is 2. The van der Waals surface area contributed by atoms with Gasteiger partial charge in [0.15, 0.2) is 0 Å². The van der Waals surface area contributed by atoms with Gasteiger partial charge in [0.05, 0.1) is 26.6 Å². The van der Waals surface area contributed by atoms with Gasteiger partial charge in [-0.15, -0.1) is 0 Å². The third-order valence-corrected chi connectivity index (χ3v) is 5.20. The van der Waals surface area contributed by atoms with E-state index in [1.807, 2.05) is 35.9 Å². The van der Waals surface area contributed by atoms with Crippen molar-refractivity contribution in [2.45, 2.75) is 0 Å². The first kappa shape index (κ1) is 16.8. The highest BCUT2D eigenvalue weighted by Gasteiger charge is 2.36. The lowest BCUT2D eigenvalue weighted by atomic mass is 10.2. The second-order valence-electron chi connectivity index (χ2n) is 5.63. The Hall–Kier alpha value is -2.64. The molecule has 0 aliphatic carbocycles. The van der Waals surface area contributed by atoms with Crippen LogP contribution >= 0.6 is 23.4 Å². The number of carbonyl (C=O) groups is 2. The standard InChI is InChI=1S/C18H11ClFN3O2S/c1-22-14-5-3-2-4-13(14)21-16(22)9-15-17(24)23(18(25)26-15)10-6-7-12(20)11(19)8-10/h2-9H,1H3/b15-9+. The second kappa shape index (κ2) is 6.26. The lowest BCUT2D eigenvalue weighted by Gasteiger charge is -2.12. The lowest BCUT2D eigenvalue weighted by Crippen LogP contribution is -2.27. The van der Waals surface area contributed by atoms with Crippen LogP contribution in [0.2, 0.25) is 5.02 Å². The number of halogens is 2. The molecule has 3 aromatic rings. The van der Waals surface area contributed by atoms with Crippen LogP contribution in [0.4, 0.5) is 14.9 Å². The van der Waals surface area contributed by atoms with Crippen LogP contribution in [-0.2, 0) is 11.8 Å². The van der Waals surface area contributed by atoms with Gasteiger partial charge in [0.1, 0.15) is 11.6 Å². The van der Waals surface area contributed by atoms with Crippen LogP contribution in [-0.4, -0.2) is 20.7 Å². The number of imide groups is 1. The number of amides is 2. The molecule has 8 heteroatoms. The number of aryl methyl sites for hydroxylation is 1. The van der Waals surface area contributed by atoms with E-state index in [2.05, 4.69) is 4.98 Å². The zero-order valence-corrected chi connectivity index (χ0v) is 15.0. The molecule has 1 saturated heterocycles. The molecule has 1 aliphatic rings. The molecule has 1 aromatic heterocycles. The van der Waals surface area contributed by atoms with Gasteiger partial charge in [-0.25, -0.2) is 14.3 Å². The molecular formula is C18H11ClFN3O2S. The summed E-state index contributed by atoms with van der Waals surface area (Å²) in [6.45, 7) is 0. The minimum atomic E-state index is -0.613. The zero-order chi connectivity index (χ0) is 18.4. The molecule has 0 N–H and O–H groups in total. The number of anilines is 1. The third-order valence-electron chi connectivity index (χ3n) is 4.04. The van der Waals surface area contributed by atoms with Crippen LogP contribution in [0.1, 0.15) is 5.82 Å². The summed E-state index contributed by atoms with van der Waals surface area (Å²) in [5.41, 5.74) is 1.95. The Balaban J connectivity index is 1.73. The third kappa shape index (κ3) is 2.69. The molecule has 0 saturated carbocycles. The molecule has 4 rings (SSSR count). The summed E-state index contributed by atoms with van der Waals surface area (Å²) in [5, 5.41) is -0.622. The van der Waals surface area contributed by atoms with Crippen molar-refractivity contribution in [3.63, 3.8) is 0 Å². The maximum Gasteiger partial charge on any atom is 0.298 e. The summed E-state index contributed by atoms with van der Waals surface area (Å²) in [6.07, 6.45) is 1.58. The van der Waals surface area contributed by atoms with Gasteiger partial charge in [0, 0.05) is 13.1 Å². The highest BCUT2D eigenvalue weighted by Crippen LogP contribution is 2.37. The molecule has 130 valence electrons. The maximum absolute atomic E-state index is 13.3. The van der Waals surface area contributed by atoms with Crippen molar-refractivity contribution in [1.29, 1.82) is 0 Å². The number of benzene rings is 2. The van der Waals surface area contributed by atoms with E-state index < -0.39 is 17.0 Å². The molecule has 1 fully saturated rings. The summed E-state index contributed by atoms with van der Waals surface area (Å²) in [4.78, 5) is 30.7. The highest BCUT2D eigenvalue weighted by atomic mass is 35.5. The van der Waals surface area contributed by atoms with Gasteiger partial charge >= 0.3 is 0 Å². The molecule has 1 aliphatic heterocycles. The van der Waals surface area contributed by atoms with Crippen molar-refractivity contribution in [3.05, 3.63) is 64.0 Å². The summed E-state index contributed by atoms with van der Waals surface area (Å²) in [5.74, 6) is -0.541. The smallest absolute Gasteiger partial charge is 0.298 e. The number of imidazole rings is 1. The molecule has 0 bridgehead atoms. The summed E-state index contributed by atoms with van der Waals surface area (Å²) >= 11 is 6.57. The minimum absolute atomic E-state index is 0.152. The first-order chi connectivity index (χ1) is 12.5. The fraction of sp³-hybridized carbons (Fsp3) is 0.0556. The van der Waals surface area contributed by atoms with Gasteiger partial charge in [0.2, 0.25) is 0 Å². The van der Waals surface area contributed by atoms with Gasteiger partial charge in [0.25, 0.3) is 11.1 Å². The molecule has 0 radical (unpaired) electrons. The largest absolute Gasteiger partial charge is 0.328 e. The molecule has 0 unspecified atom stereocenters. The quantitative estimate of drug-likeness (QED) is 0.603. The fourth-order valence-corrected chi connectivity index (χ4v) is 3.71. The Kier molecular flexibility index (Phi) is 4.05. The predicted octanol–water partition coefficient (Wildman–Crippen LogP) is 4.61. The van der Waals surface area contributed by atoms with E-state index >= 15 is 0 Å². The van der Waals surface area contributed by atoms with E-state index in [1.165, 1.54) is 12.1 Å². The van der Waals surface area contributed by atoms with Crippen LogP contribution in [0, 0.1) is 5.82 Å². The molecule has 5 nitrogen and oxygen atoms in total. The van der Waals surface area contributed by atoms with E-state index in [0.717, 1.165) is 33.8 Å². The number of nitrogens with zero attached hydrogens (tertiary/aromatic N) is 3. The van der Waals surface area contributed by atoms with E-state index in [9.17, 15) is 14.0 Å². The van der Waals surface area contributed by atoms with E-state index in [4.69, 9.17) is 11.6 Å². The number of aromatic nitrogens is 2. The molecule has 2 amide bonds. The number of thioether (sulfide) groups is 1. The van der Waals surface area contributed by atoms with Gasteiger partial charge in [-0.05, 0) is 42.1 Å². The van der Waals surface area contributed by atoms with Crippen molar-refractivity contribution in [1.82, 2.24) is 9.55 Å². The van der Waals surface area contributed by atoms with E-state index in [-0.39, 0.29) is 15.6 Å². The number of carbonyl (C=O) groups excluding carboxylic acids is 2. The topological polar surface area (TPSA) is 55.2 Å². The fourth-order valence-electron chi connectivity index (χ4n) is 2.72. The summed E-state index contributed by atoms with van der Waals surface area (Å²) in [6, 6.07) is 11.3. The van der Waals surface area contributed by atoms with Crippen LogP contribution in [0.5, 0.6) is 0 Å². The average Bonchev–Trinajstić information content (AvgIpc) is 3.08. The summed E-state index contributed by atoms with van der Waals surface area (Å²) < 4.78 is 15.2. The number of rotatable bonds is 2. The van der Waals surface area contributed by atoms with Crippen LogP contribution in [0.15, 0.2) is 47.4 Å². The maximum atomic E-state index is 13.3. The highest BCUT2D eigenvalue weighted by molar-refractivity contribution is 8.19. The Bertz CT molecular complexity index is 1110. The van der Waals surface area contributed by atoms with Gasteiger partial charge in [-0.1, -0.05) is 23.7 Å². The van der Waals surface area contributed by atoms with Crippen molar-refractivity contribution < 1.29 is 14.0 Å². The van der Waals surface area contributed by atoms with Crippen molar-refractivity contribution in [3.8, 4) is 0 Å². The van der Waals surface area contributed by atoms with Crippen LogP contribution < -0.4 is 4.90 Å². The molecular weight excluding hydrogens is 377 g/mol. The Morgan fingerprint density at radius 3 is 2.69 bits per heavy atom. The van der Waals surface area contributed by atoms with E-state index in [1.54, 1.807) is 6.08 Å². The molecule has 0 atom stereocenters. The Labute approximate surface area is 157 Å². The lowest BCUT2D eigenvalue weighted by molar-refractivity contribution is -0.113. The monoisotopic (exact) mass is 387 g/mol. The Morgan fingerprint density at radius 2 is 1.96 bits per heavy atom. The van der Waals surface area contributed by atoms with Crippen LogP contribution in [0.25, 0.3) is 17.1 Å². The van der Waals surface area contributed by atoms with Gasteiger partial charge < -0.3 is 4.57 Å². The van der Waals surface area contributed by atoms with Crippen LogP contribution in [0.3, 0.4) is 0 Å². The minimum Gasteiger partial charge on any atom is -0.328 e. The van der Waals surface area contributed by atoms with Crippen molar-refractivity contribution >= 4 is 57.3 Å². The average molecular weight is 388 g/mol. The van der Waals surface area contributed by atoms with E-state index in [0.29, 0.717) is 5.82 Å². The van der Waals surface area contributed by atoms with Crippen molar-refractivity contribution in [2.24, 2.45) is 7.05 Å². The van der Waals surface area contributed by atoms with Crippen molar-refractivity contribution in [2.75, 3.05) is 4.90 Å². The zero-order valence-electron chi connectivity index (χ0n) is 13.4. The number of hydrogen-bond acceptors (Lipinski definition) is 4. The number of fused-ring (bicyclic) bond motifs is 1. The van der Waals surface area contributed by atoms with Gasteiger partial charge in [-0.3, -0.25) is 9.59 Å². The molecule has 26 heavy (non-hydrogen) atoms.